The number of β-amino-alcohol motifs (C(OH)–C–C–N with tert-alkyl or cyclic N) is 1. The van der Waals surface area contributed by atoms with Gasteiger partial charge in [0.05, 0.1) is 6.10 Å². The van der Waals surface area contributed by atoms with Gasteiger partial charge in [0.15, 0.2) is 0 Å². The predicted molar refractivity (Wildman–Crippen MR) is 105 cm³/mol. The molecular weight excluding hydrogens is 324 g/mol. The summed E-state index contributed by atoms with van der Waals surface area (Å²) in [6.07, 6.45) is 0.555. The highest BCUT2D eigenvalue weighted by Gasteiger charge is 2.29. The first-order valence-electron chi connectivity index (χ1n) is 10.3. The summed E-state index contributed by atoms with van der Waals surface area (Å²) >= 11 is 0. The predicted octanol–water partition coefficient (Wildman–Crippen LogP) is 3.63. The van der Waals surface area contributed by atoms with Gasteiger partial charge < -0.3 is 14.9 Å². The number of amides is 1. The zero-order chi connectivity index (χ0) is 20.1. The summed E-state index contributed by atoms with van der Waals surface area (Å²) in [6.45, 7) is 0.977. The molecule has 1 saturated heterocycles. The first kappa shape index (κ1) is 16.0. The number of hydrogen-bond donors (Lipinski definition) is 1. The van der Waals surface area contributed by atoms with Crippen molar-refractivity contribution in [2.75, 3.05) is 24.5 Å². The lowest BCUT2D eigenvalue weighted by molar-refractivity contribution is -0.119. The molecule has 2 aromatic carbocycles. The van der Waals surface area contributed by atoms with Crippen LogP contribution in [0.3, 0.4) is 0 Å². The quantitative estimate of drug-likeness (QED) is 0.861. The SMILES string of the molecule is [2H]C([2H])(C(O)c1ccccc1)N1CCC(N(C(=O)CC)c2ccccc2)CC1. The van der Waals surface area contributed by atoms with Gasteiger partial charge >= 0.3 is 0 Å². The highest BCUT2D eigenvalue weighted by molar-refractivity contribution is 5.93. The second-order valence-corrected chi connectivity index (χ2v) is 6.61. The van der Waals surface area contributed by atoms with Crippen LogP contribution in [0.1, 0.15) is 40.6 Å². The number of rotatable bonds is 6. The number of nitrogens with zero attached hydrogens (tertiary/aromatic N) is 2. The highest BCUT2D eigenvalue weighted by Crippen LogP contribution is 2.25. The molecule has 0 radical (unpaired) electrons. The van der Waals surface area contributed by atoms with Crippen LogP contribution < -0.4 is 4.90 Å². The van der Waals surface area contributed by atoms with Gasteiger partial charge in [0.25, 0.3) is 0 Å². The number of likely N-dealkylation sites (tertiary alicyclic amines) is 1. The van der Waals surface area contributed by atoms with Crippen molar-refractivity contribution in [1.82, 2.24) is 4.90 Å². The van der Waals surface area contributed by atoms with Gasteiger partial charge in [-0.05, 0) is 30.5 Å². The van der Waals surface area contributed by atoms with E-state index in [0.29, 0.717) is 37.9 Å². The average Bonchev–Trinajstić information content (AvgIpc) is 2.75. The molecule has 0 aromatic heterocycles. The van der Waals surface area contributed by atoms with Gasteiger partial charge in [0.1, 0.15) is 0 Å². The van der Waals surface area contributed by atoms with Crippen molar-refractivity contribution in [1.29, 1.82) is 0 Å². The van der Waals surface area contributed by atoms with E-state index in [1.54, 1.807) is 29.2 Å². The van der Waals surface area contributed by atoms with Crippen LogP contribution in [0.2, 0.25) is 0 Å². The van der Waals surface area contributed by atoms with Gasteiger partial charge in [-0.2, -0.15) is 0 Å². The van der Waals surface area contributed by atoms with E-state index in [2.05, 4.69) is 0 Å². The van der Waals surface area contributed by atoms with Crippen molar-refractivity contribution in [2.45, 2.75) is 38.3 Å². The Balaban J connectivity index is 1.71. The molecule has 138 valence electrons. The third-order valence-electron chi connectivity index (χ3n) is 4.86. The molecule has 1 N–H and O–H groups in total. The zero-order valence-electron chi connectivity index (χ0n) is 17.2. The van der Waals surface area contributed by atoms with Crippen molar-refractivity contribution in [3.8, 4) is 0 Å². The van der Waals surface area contributed by atoms with Gasteiger partial charge in [-0.1, -0.05) is 55.5 Å². The summed E-state index contributed by atoms with van der Waals surface area (Å²) in [7, 11) is 0. The maximum atomic E-state index is 12.6. The number of benzene rings is 2. The molecule has 1 aliphatic heterocycles. The Labute approximate surface area is 158 Å². The van der Waals surface area contributed by atoms with Crippen molar-refractivity contribution >= 4 is 11.6 Å². The standard InChI is InChI=1S/C22H28N2O2/c1-2-22(26)24(19-11-7-4-8-12-19)20-13-15-23(16-14-20)17-21(25)18-9-5-3-6-10-18/h3-12,20-21,25H,2,13-17H2,1H3/i17D2. The number of aliphatic hydroxyl groups is 1. The van der Waals surface area contributed by atoms with Gasteiger partial charge in [-0.25, -0.2) is 0 Å². The Hall–Kier alpha value is -2.17. The summed E-state index contributed by atoms with van der Waals surface area (Å²) < 4.78 is 17.0. The Morgan fingerprint density at radius 1 is 1.15 bits per heavy atom. The van der Waals surface area contributed by atoms with Crippen molar-refractivity contribution in [3.63, 3.8) is 0 Å². The zero-order valence-corrected chi connectivity index (χ0v) is 15.2. The van der Waals surface area contributed by atoms with E-state index >= 15 is 0 Å². The second kappa shape index (κ2) is 8.97. The molecule has 2 aromatic rings. The normalized spacial score (nSPS) is 18.7. The monoisotopic (exact) mass is 354 g/mol. The van der Waals surface area contributed by atoms with Gasteiger partial charge in [0, 0.05) is 40.5 Å². The molecule has 1 amide bonds. The smallest absolute Gasteiger partial charge is 0.226 e. The molecule has 1 atom stereocenters. The third kappa shape index (κ3) is 4.51. The summed E-state index contributed by atoms with van der Waals surface area (Å²) in [5, 5.41) is 10.6. The Morgan fingerprint density at radius 2 is 1.73 bits per heavy atom. The third-order valence-corrected chi connectivity index (χ3v) is 4.86. The van der Waals surface area contributed by atoms with Crippen LogP contribution in [0.25, 0.3) is 0 Å². The molecule has 1 fully saturated rings. The molecule has 1 heterocycles. The van der Waals surface area contributed by atoms with E-state index in [0.717, 1.165) is 5.69 Å². The first-order chi connectivity index (χ1) is 13.4. The molecule has 3 rings (SSSR count). The average molecular weight is 354 g/mol. The lowest BCUT2D eigenvalue weighted by Crippen LogP contribution is -2.48. The van der Waals surface area contributed by atoms with E-state index in [9.17, 15) is 9.90 Å². The molecule has 0 bridgehead atoms. The van der Waals surface area contributed by atoms with Crippen molar-refractivity contribution in [2.24, 2.45) is 0 Å². The minimum Gasteiger partial charge on any atom is -0.387 e. The van der Waals surface area contributed by atoms with Crippen LogP contribution in [-0.4, -0.2) is 41.5 Å². The number of anilines is 1. The lowest BCUT2D eigenvalue weighted by atomic mass is 10.0. The number of hydrogen-bond acceptors (Lipinski definition) is 3. The molecule has 1 unspecified atom stereocenters. The number of piperidine rings is 1. The van der Waals surface area contributed by atoms with E-state index in [4.69, 9.17) is 2.74 Å². The van der Waals surface area contributed by atoms with E-state index in [-0.39, 0.29) is 11.9 Å². The lowest BCUT2D eigenvalue weighted by Gasteiger charge is -2.39. The van der Waals surface area contributed by atoms with Gasteiger partial charge in [-0.3, -0.25) is 4.79 Å². The van der Waals surface area contributed by atoms with E-state index in [1.807, 2.05) is 48.2 Å². The van der Waals surface area contributed by atoms with Gasteiger partial charge in [0.2, 0.25) is 5.91 Å². The Kier molecular flexibility index (Phi) is 5.53. The first-order valence-corrected chi connectivity index (χ1v) is 9.30. The maximum absolute atomic E-state index is 12.6. The highest BCUT2D eigenvalue weighted by atomic mass is 16.3. The number of carbonyl (C=O) groups excluding carboxylic acids is 1. The summed E-state index contributed by atoms with van der Waals surface area (Å²) in [6, 6.07) is 18.6. The molecule has 0 aliphatic carbocycles. The van der Waals surface area contributed by atoms with Crippen LogP contribution in [0.5, 0.6) is 0 Å². The molecule has 26 heavy (non-hydrogen) atoms. The van der Waals surface area contributed by atoms with Crippen LogP contribution in [-0.2, 0) is 4.79 Å². The minimum atomic E-state index is -1.86. The van der Waals surface area contributed by atoms with Crippen LogP contribution in [0, 0.1) is 0 Å². The summed E-state index contributed by atoms with van der Waals surface area (Å²) in [4.78, 5) is 16.1. The number of aliphatic hydroxyl groups excluding tert-OH is 1. The second-order valence-electron chi connectivity index (χ2n) is 6.61. The molecule has 4 nitrogen and oxygen atoms in total. The van der Waals surface area contributed by atoms with Gasteiger partial charge in [-0.15, -0.1) is 0 Å². The molecule has 4 heteroatoms. The van der Waals surface area contributed by atoms with Crippen LogP contribution >= 0.6 is 0 Å². The summed E-state index contributed by atoms with van der Waals surface area (Å²) in [5.74, 6) is 0.0805. The maximum Gasteiger partial charge on any atom is 0.226 e. The van der Waals surface area contributed by atoms with Crippen LogP contribution in [0.15, 0.2) is 60.7 Å². The molecule has 0 saturated carbocycles. The Bertz CT molecular complexity index is 763. The fourth-order valence-corrected chi connectivity index (χ4v) is 3.45. The molecule has 1 aliphatic rings. The number of para-hydroxylation sites is 1. The van der Waals surface area contributed by atoms with E-state index < -0.39 is 12.6 Å². The van der Waals surface area contributed by atoms with E-state index in [1.165, 1.54) is 0 Å². The fourth-order valence-electron chi connectivity index (χ4n) is 3.45. The minimum absolute atomic E-state index is 0.0377. The summed E-state index contributed by atoms with van der Waals surface area (Å²) in [5.41, 5.74) is 1.46. The topological polar surface area (TPSA) is 43.8 Å². The number of carbonyl (C=O) groups is 1. The molecule has 0 spiro atoms. The largest absolute Gasteiger partial charge is 0.387 e. The van der Waals surface area contributed by atoms with Crippen molar-refractivity contribution < 1.29 is 12.6 Å². The Morgan fingerprint density at radius 3 is 2.31 bits per heavy atom. The fraction of sp³-hybridized carbons (Fsp3) is 0.409. The molecular formula is C22H28N2O2. The van der Waals surface area contributed by atoms with Crippen LogP contribution in [0.4, 0.5) is 5.69 Å². The van der Waals surface area contributed by atoms with Crippen molar-refractivity contribution in [3.05, 3.63) is 66.2 Å².